The lowest BCUT2D eigenvalue weighted by atomic mass is 10.1. The maximum Gasteiger partial charge on any atom is 0.472 e. The third-order valence-corrected chi connectivity index (χ3v) is 8.61. The Bertz CT molecular complexity index is 1090. The number of carbonyl (C=O) groups excluding carboxylic acids is 1. The van der Waals surface area contributed by atoms with Crippen LogP contribution < -0.4 is 5.32 Å². The summed E-state index contributed by atoms with van der Waals surface area (Å²) in [6, 6.07) is -0.920. The van der Waals surface area contributed by atoms with Crippen LogP contribution in [-0.2, 0) is 18.4 Å². The number of aliphatic hydroxyl groups is 1. The van der Waals surface area contributed by atoms with E-state index in [2.05, 4.69) is 79.9 Å². The molecule has 0 bridgehead atoms. The zero-order chi connectivity index (χ0) is 37.2. The summed E-state index contributed by atoms with van der Waals surface area (Å²) in [6.07, 6.45) is 44.0. The van der Waals surface area contributed by atoms with Crippen molar-refractivity contribution >= 4 is 13.7 Å². The number of phosphoric ester groups is 1. The van der Waals surface area contributed by atoms with Gasteiger partial charge in [-0.3, -0.25) is 13.8 Å². The number of aliphatic hydroxyl groups excluding tert-OH is 1. The molecule has 0 saturated heterocycles. The van der Waals surface area contributed by atoms with Gasteiger partial charge in [-0.05, 0) is 57.8 Å². The topological polar surface area (TPSA) is 105 Å². The molecule has 50 heavy (non-hydrogen) atoms. The van der Waals surface area contributed by atoms with Crippen LogP contribution in [0.2, 0.25) is 0 Å². The van der Waals surface area contributed by atoms with Crippen LogP contribution in [-0.4, -0.2) is 73.4 Å². The van der Waals surface area contributed by atoms with E-state index in [1.165, 1.54) is 44.9 Å². The second-order valence-corrected chi connectivity index (χ2v) is 15.0. The fourth-order valence-electron chi connectivity index (χ4n) is 4.59. The molecule has 0 spiro atoms. The first-order valence-corrected chi connectivity index (χ1v) is 20.5. The van der Waals surface area contributed by atoms with Gasteiger partial charge in [-0.2, -0.15) is 0 Å². The van der Waals surface area contributed by atoms with Gasteiger partial charge in [-0.15, -0.1) is 0 Å². The lowest BCUT2D eigenvalue weighted by Crippen LogP contribution is -2.45. The van der Waals surface area contributed by atoms with Gasteiger partial charge in [0.1, 0.15) is 13.2 Å². The summed E-state index contributed by atoms with van der Waals surface area (Å²) >= 11 is 0. The zero-order valence-electron chi connectivity index (χ0n) is 32.1. The third-order valence-electron chi connectivity index (χ3n) is 7.63. The average Bonchev–Trinajstić information content (AvgIpc) is 3.06. The van der Waals surface area contributed by atoms with Gasteiger partial charge in [0.2, 0.25) is 5.91 Å². The number of rotatable bonds is 32. The van der Waals surface area contributed by atoms with Crippen molar-refractivity contribution in [3.8, 4) is 0 Å². The molecule has 0 aromatic heterocycles. The smallest absolute Gasteiger partial charge is 0.387 e. The van der Waals surface area contributed by atoms with Crippen LogP contribution in [0.5, 0.6) is 0 Å². The van der Waals surface area contributed by atoms with Crippen molar-refractivity contribution in [3.05, 3.63) is 85.1 Å². The molecule has 0 heterocycles. The van der Waals surface area contributed by atoms with Gasteiger partial charge in [-0.25, -0.2) is 4.57 Å². The van der Waals surface area contributed by atoms with Crippen molar-refractivity contribution in [2.75, 3.05) is 40.9 Å². The third kappa shape index (κ3) is 34.1. The molecule has 0 saturated carbocycles. The Labute approximate surface area is 306 Å². The number of hydrogen-bond acceptors (Lipinski definition) is 5. The van der Waals surface area contributed by atoms with Crippen LogP contribution >= 0.6 is 7.82 Å². The number of allylic oxidation sites excluding steroid dienone is 12. The fourth-order valence-corrected chi connectivity index (χ4v) is 5.33. The summed E-state index contributed by atoms with van der Waals surface area (Å²) in [7, 11) is 1.48. The molecule has 0 fully saturated rings. The van der Waals surface area contributed by atoms with E-state index in [0.717, 1.165) is 44.9 Å². The molecule has 0 radical (unpaired) electrons. The van der Waals surface area contributed by atoms with Crippen molar-refractivity contribution in [1.82, 2.24) is 5.32 Å². The first kappa shape index (κ1) is 47.7. The Morgan fingerprint density at radius 3 is 1.80 bits per heavy atom. The maximum absolute atomic E-state index is 12.7. The minimum atomic E-state index is -4.37. The minimum absolute atomic E-state index is 0.0350. The molecule has 0 aliphatic rings. The van der Waals surface area contributed by atoms with Gasteiger partial charge < -0.3 is 19.8 Å². The highest BCUT2D eigenvalue weighted by Crippen LogP contribution is 2.43. The Morgan fingerprint density at radius 1 is 0.700 bits per heavy atom. The van der Waals surface area contributed by atoms with Crippen molar-refractivity contribution < 1.29 is 32.9 Å². The summed E-state index contributed by atoms with van der Waals surface area (Å²) in [5.41, 5.74) is 0. The van der Waals surface area contributed by atoms with E-state index in [0.29, 0.717) is 17.4 Å². The molecule has 0 rings (SSSR count). The second-order valence-electron chi connectivity index (χ2n) is 13.6. The van der Waals surface area contributed by atoms with Gasteiger partial charge in [0.05, 0.1) is 39.9 Å². The molecule has 1 amide bonds. The van der Waals surface area contributed by atoms with E-state index in [4.69, 9.17) is 9.05 Å². The zero-order valence-corrected chi connectivity index (χ0v) is 33.0. The molecular formula is C41H72N2O6P+. The van der Waals surface area contributed by atoms with Gasteiger partial charge in [0, 0.05) is 6.42 Å². The predicted molar refractivity (Wildman–Crippen MR) is 212 cm³/mol. The highest BCUT2D eigenvalue weighted by Gasteiger charge is 2.27. The average molecular weight is 720 g/mol. The highest BCUT2D eigenvalue weighted by atomic mass is 31.2. The van der Waals surface area contributed by atoms with Crippen molar-refractivity contribution in [1.29, 1.82) is 0 Å². The standard InChI is InChI=1S/C41H71N2O6P/c1-6-8-10-12-14-16-18-20-21-23-25-27-29-31-33-35-41(45)42-39(38-49-50(46,47)48-37-36-43(3,4)5)40(44)34-32-30-28-26-24-22-19-17-15-13-11-9-7-2/h8,10,14,16,20-21,24-27,31-34,39-40,44H,6-7,9,11-13,15,17-19,22-23,28-30,35-38H2,1-5H3,(H-,42,45,46,47)/p+1/b10-8-,16-14-,21-20-,26-24+,27-25-,33-31-,34-32+. The summed E-state index contributed by atoms with van der Waals surface area (Å²) in [5, 5.41) is 13.6. The van der Waals surface area contributed by atoms with Crippen LogP contribution in [0.25, 0.3) is 0 Å². The maximum atomic E-state index is 12.7. The van der Waals surface area contributed by atoms with Gasteiger partial charge in [-0.1, -0.05) is 137 Å². The monoisotopic (exact) mass is 720 g/mol. The summed E-state index contributed by atoms with van der Waals surface area (Å²) < 4.78 is 23.4. The normalized spacial score (nSPS) is 15.6. The van der Waals surface area contributed by atoms with Crippen LogP contribution in [0.3, 0.4) is 0 Å². The van der Waals surface area contributed by atoms with Crippen molar-refractivity contribution in [2.45, 2.75) is 129 Å². The lowest BCUT2D eigenvalue weighted by Gasteiger charge is -2.25. The molecule has 0 aromatic carbocycles. The second kappa shape index (κ2) is 32.6. The number of nitrogens with zero attached hydrogens (tertiary/aromatic N) is 1. The van der Waals surface area contributed by atoms with Gasteiger partial charge in [0.25, 0.3) is 0 Å². The van der Waals surface area contributed by atoms with Gasteiger partial charge >= 0.3 is 7.82 Å². The number of quaternary nitrogens is 1. The van der Waals surface area contributed by atoms with Crippen LogP contribution in [0.4, 0.5) is 0 Å². The number of carbonyl (C=O) groups is 1. The van der Waals surface area contributed by atoms with E-state index in [1.807, 2.05) is 33.3 Å². The van der Waals surface area contributed by atoms with Crippen molar-refractivity contribution in [3.63, 3.8) is 0 Å². The van der Waals surface area contributed by atoms with Crippen LogP contribution in [0.1, 0.15) is 117 Å². The predicted octanol–water partition coefficient (Wildman–Crippen LogP) is 9.85. The van der Waals surface area contributed by atoms with E-state index < -0.39 is 20.0 Å². The van der Waals surface area contributed by atoms with Crippen LogP contribution in [0, 0.1) is 0 Å². The first-order valence-electron chi connectivity index (χ1n) is 19.0. The number of unbranched alkanes of at least 4 members (excludes halogenated alkanes) is 8. The molecule has 3 unspecified atom stereocenters. The number of likely N-dealkylation sites (N-methyl/N-ethyl adjacent to an activating group) is 1. The molecule has 286 valence electrons. The molecule has 0 aromatic rings. The molecule has 3 N–H and O–H groups in total. The first-order chi connectivity index (χ1) is 24.0. The Balaban J connectivity index is 4.78. The molecule has 0 aliphatic heterocycles. The largest absolute Gasteiger partial charge is 0.472 e. The Morgan fingerprint density at radius 2 is 1.22 bits per heavy atom. The lowest BCUT2D eigenvalue weighted by molar-refractivity contribution is -0.870. The number of phosphoric acid groups is 1. The fraction of sp³-hybridized carbons (Fsp3) is 0.634. The quantitative estimate of drug-likeness (QED) is 0.0277. The van der Waals surface area contributed by atoms with Crippen molar-refractivity contribution in [2.24, 2.45) is 0 Å². The number of hydrogen-bond donors (Lipinski definition) is 3. The van der Waals surface area contributed by atoms with E-state index in [-0.39, 0.29) is 25.5 Å². The number of amides is 1. The van der Waals surface area contributed by atoms with Gasteiger partial charge in [0.15, 0.2) is 0 Å². The highest BCUT2D eigenvalue weighted by molar-refractivity contribution is 7.47. The molecular weight excluding hydrogens is 647 g/mol. The summed E-state index contributed by atoms with van der Waals surface area (Å²) in [5.74, 6) is -0.320. The molecule has 9 heteroatoms. The van der Waals surface area contributed by atoms with E-state index in [9.17, 15) is 19.4 Å². The summed E-state index contributed by atoms with van der Waals surface area (Å²) in [6.45, 7) is 4.54. The minimum Gasteiger partial charge on any atom is -0.387 e. The molecule has 0 aliphatic carbocycles. The van der Waals surface area contributed by atoms with Crippen LogP contribution in [0.15, 0.2) is 85.1 Å². The molecule has 8 nitrogen and oxygen atoms in total. The van der Waals surface area contributed by atoms with E-state index >= 15 is 0 Å². The summed E-state index contributed by atoms with van der Waals surface area (Å²) in [4.78, 5) is 22.9. The SMILES string of the molecule is CC/C=C\C/C=C\C/C=C\C/C=C\C/C=C\CC(=O)NC(COP(=O)(O)OCC[N+](C)(C)C)C(O)/C=C/CC/C=C/CCCCCCCCC. The van der Waals surface area contributed by atoms with E-state index in [1.54, 1.807) is 12.2 Å². The Hall–Kier alpha value is -2.32. The number of nitrogens with one attached hydrogen (secondary N) is 1. The molecule has 3 atom stereocenters. The Kier molecular flexibility index (Phi) is 31.1.